The first-order chi connectivity index (χ1) is 11.1. The maximum atomic E-state index is 11.6. The van der Waals surface area contributed by atoms with Gasteiger partial charge in [0.25, 0.3) is 0 Å². The van der Waals surface area contributed by atoms with E-state index in [1.54, 1.807) is 37.3 Å². The van der Waals surface area contributed by atoms with Gasteiger partial charge in [-0.1, -0.05) is 24.3 Å². The van der Waals surface area contributed by atoms with Crippen LogP contribution in [0.3, 0.4) is 0 Å². The van der Waals surface area contributed by atoms with Crippen LogP contribution in [0.15, 0.2) is 48.5 Å². The number of nitrogens with one attached hydrogen (secondary N) is 1. The van der Waals surface area contributed by atoms with Gasteiger partial charge in [0, 0.05) is 5.69 Å². The van der Waals surface area contributed by atoms with Gasteiger partial charge in [-0.2, -0.15) is 5.26 Å². The minimum absolute atomic E-state index is 0.170. The molecule has 116 valence electrons. The number of nitriles is 1. The number of rotatable bonds is 5. The summed E-state index contributed by atoms with van der Waals surface area (Å²) in [6.45, 7) is 2.11. The standard InChI is InChI=1S/C18H16N2O3/c1-2-23-18(22)15-5-3-13(4-6-15)14-7-9-16(10-8-14)20-17(21)11-12-19/h3-10H,2,11H2,1H3,(H,20,21). The molecule has 0 atom stereocenters. The van der Waals surface area contributed by atoms with E-state index in [0.29, 0.717) is 17.9 Å². The van der Waals surface area contributed by atoms with Crippen molar-refractivity contribution in [3.05, 3.63) is 54.1 Å². The van der Waals surface area contributed by atoms with Gasteiger partial charge in [-0.15, -0.1) is 0 Å². The van der Waals surface area contributed by atoms with Crippen molar-refractivity contribution in [2.45, 2.75) is 13.3 Å². The van der Waals surface area contributed by atoms with E-state index in [0.717, 1.165) is 11.1 Å². The van der Waals surface area contributed by atoms with Crippen molar-refractivity contribution in [2.75, 3.05) is 11.9 Å². The molecule has 0 aromatic heterocycles. The maximum absolute atomic E-state index is 11.6. The minimum atomic E-state index is -0.338. The normalized spacial score (nSPS) is 9.74. The second kappa shape index (κ2) is 7.76. The average Bonchev–Trinajstić information content (AvgIpc) is 2.56. The molecule has 0 unspecified atom stereocenters. The molecule has 0 saturated heterocycles. The summed E-state index contributed by atoms with van der Waals surface area (Å²) >= 11 is 0. The predicted molar refractivity (Wildman–Crippen MR) is 86.7 cm³/mol. The molecule has 0 radical (unpaired) electrons. The number of hydrogen-bond acceptors (Lipinski definition) is 4. The van der Waals surface area contributed by atoms with E-state index in [1.165, 1.54) is 0 Å². The first-order valence-electron chi connectivity index (χ1n) is 7.18. The number of ether oxygens (including phenoxy) is 1. The molecular weight excluding hydrogens is 292 g/mol. The van der Waals surface area contributed by atoms with Gasteiger partial charge < -0.3 is 10.1 Å². The minimum Gasteiger partial charge on any atom is -0.462 e. The monoisotopic (exact) mass is 308 g/mol. The Bertz CT molecular complexity index is 728. The van der Waals surface area contributed by atoms with Crippen molar-refractivity contribution in [1.29, 1.82) is 5.26 Å². The molecule has 5 nitrogen and oxygen atoms in total. The zero-order valence-electron chi connectivity index (χ0n) is 12.7. The van der Waals surface area contributed by atoms with Gasteiger partial charge in [-0.3, -0.25) is 4.79 Å². The van der Waals surface area contributed by atoms with Gasteiger partial charge in [0.15, 0.2) is 0 Å². The lowest BCUT2D eigenvalue weighted by Gasteiger charge is -2.06. The Morgan fingerprint density at radius 2 is 1.61 bits per heavy atom. The Labute approximate surface area is 134 Å². The third-order valence-electron chi connectivity index (χ3n) is 3.14. The zero-order chi connectivity index (χ0) is 16.7. The summed E-state index contributed by atoms with van der Waals surface area (Å²) in [6.07, 6.45) is -0.170. The summed E-state index contributed by atoms with van der Waals surface area (Å²) in [5.41, 5.74) is 3.06. The second-order valence-corrected chi connectivity index (χ2v) is 4.76. The molecule has 2 aromatic carbocycles. The Balaban J connectivity index is 2.09. The number of anilines is 1. The molecular formula is C18H16N2O3. The van der Waals surface area contributed by atoms with Gasteiger partial charge in [-0.05, 0) is 42.3 Å². The summed E-state index contributed by atoms with van der Waals surface area (Å²) in [6, 6.07) is 16.2. The summed E-state index contributed by atoms with van der Waals surface area (Å²) in [5.74, 6) is -0.673. The number of esters is 1. The Kier molecular flexibility index (Phi) is 5.48. The van der Waals surface area contributed by atoms with E-state index in [4.69, 9.17) is 10.00 Å². The fraction of sp³-hybridized carbons (Fsp3) is 0.167. The van der Waals surface area contributed by atoms with Crippen LogP contribution in [0.1, 0.15) is 23.7 Å². The Hall–Kier alpha value is -3.13. The smallest absolute Gasteiger partial charge is 0.338 e. The number of carbonyl (C=O) groups is 2. The molecule has 0 aliphatic heterocycles. The van der Waals surface area contributed by atoms with Crippen LogP contribution in [-0.2, 0) is 9.53 Å². The van der Waals surface area contributed by atoms with Crippen molar-refractivity contribution < 1.29 is 14.3 Å². The third kappa shape index (κ3) is 4.42. The molecule has 0 aliphatic carbocycles. The SMILES string of the molecule is CCOC(=O)c1ccc(-c2ccc(NC(=O)CC#N)cc2)cc1. The highest BCUT2D eigenvalue weighted by molar-refractivity contribution is 5.92. The van der Waals surface area contributed by atoms with Gasteiger partial charge >= 0.3 is 5.97 Å². The van der Waals surface area contributed by atoms with Gasteiger partial charge in [0.2, 0.25) is 5.91 Å². The van der Waals surface area contributed by atoms with Crippen LogP contribution in [-0.4, -0.2) is 18.5 Å². The Morgan fingerprint density at radius 1 is 1.04 bits per heavy atom. The fourth-order valence-electron chi connectivity index (χ4n) is 2.04. The van der Waals surface area contributed by atoms with Crippen LogP contribution in [0.4, 0.5) is 5.69 Å². The largest absolute Gasteiger partial charge is 0.462 e. The molecule has 5 heteroatoms. The highest BCUT2D eigenvalue weighted by Crippen LogP contribution is 2.22. The first kappa shape index (κ1) is 16.2. The predicted octanol–water partition coefficient (Wildman–Crippen LogP) is 3.38. The van der Waals surface area contributed by atoms with Crippen LogP contribution >= 0.6 is 0 Å². The molecule has 0 bridgehead atoms. The lowest BCUT2D eigenvalue weighted by Crippen LogP contribution is -2.09. The van der Waals surface area contributed by atoms with Gasteiger partial charge in [0.1, 0.15) is 6.42 Å². The average molecular weight is 308 g/mol. The number of amides is 1. The van der Waals surface area contributed by atoms with Crippen LogP contribution in [0.5, 0.6) is 0 Å². The van der Waals surface area contributed by atoms with Crippen molar-refractivity contribution in [1.82, 2.24) is 0 Å². The Morgan fingerprint density at radius 3 is 2.13 bits per heavy atom. The van der Waals surface area contributed by atoms with Crippen molar-refractivity contribution in [2.24, 2.45) is 0 Å². The second-order valence-electron chi connectivity index (χ2n) is 4.76. The third-order valence-corrected chi connectivity index (χ3v) is 3.14. The molecule has 1 N–H and O–H groups in total. The summed E-state index contributed by atoms with van der Waals surface area (Å²) < 4.78 is 4.94. The van der Waals surface area contributed by atoms with E-state index in [-0.39, 0.29) is 18.3 Å². The van der Waals surface area contributed by atoms with E-state index in [9.17, 15) is 9.59 Å². The molecule has 0 heterocycles. The first-order valence-corrected chi connectivity index (χ1v) is 7.18. The molecule has 2 aromatic rings. The number of nitrogens with zero attached hydrogens (tertiary/aromatic N) is 1. The molecule has 23 heavy (non-hydrogen) atoms. The lowest BCUT2D eigenvalue weighted by molar-refractivity contribution is -0.115. The van der Waals surface area contributed by atoms with E-state index in [2.05, 4.69) is 5.32 Å². The molecule has 0 spiro atoms. The van der Waals surface area contributed by atoms with Crippen LogP contribution in [0.25, 0.3) is 11.1 Å². The van der Waals surface area contributed by atoms with Crippen molar-refractivity contribution in [3.63, 3.8) is 0 Å². The molecule has 0 fully saturated rings. The molecule has 2 rings (SSSR count). The molecule has 1 amide bonds. The van der Waals surface area contributed by atoms with Crippen LogP contribution in [0, 0.1) is 11.3 Å². The number of carbonyl (C=O) groups excluding carboxylic acids is 2. The highest BCUT2D eigenvalue weighted by Gasteiger charge is 2.07. The van der Waals surface area contributed by atoms with E-state index >= 15 is 0 Å². The quantitative estimate of drug-likeness (QED) is 0.859. The summed E-state index contributed by atoms with van der Waals surface area (Å²) in [4.78, 5) is 23.0. The highest BCUT2D eigenvalue weighted by atomic mass is 16.5. The fourth-order valence-corrected chi connectivity index (χ4v) is 2.04. The summed E-state index contributed by atoms with van der Waals surface area (Å²) in [7, 11) is 0. The molecule has 0 saturated carbocycles. The van der Waals surface area contributed by atoms with Crippen LogP contribution < -0.4 is 5.32 Å². The summed E-state index contributed by atoms with van der Waals surface area (Å²) in [5, 5.41) is 11.1. The van der Waals surface area contributed by atoms with Crippen molar-refractivity contribution >= 4 is 17.6 Å². The lowest BCUT2D eigenvalue weighted by atomic mass is 10.0. The van der Waals surface area contributed by atoms with E-state index < -0.39 is 0 Å². The number of hydrogen-bond donors (Lipinski definition) is 1. The van der Waals surface area contributed by atoms with Crippen molar-refractivity contribution in [3.8, 4) is 17.2 Å². The van der Waals surface area contributed by atoms with E-state index in [1.807, 2.05) is 24.3 Å². The maximum Gasteiger partial charge on any atom is 0.338 e. The topological polar surface area (TPSA) is 79.2 Å². The molecule has 0 aliphatic rings. The van der Waals surface area contributed by atoms with Crippen LogP contribution in [0.2, 0.25) is 0 Å². The van der Waals surface area contributed by atoms with Gasteiger partial charge in [0.05, 0.1) is 18.2 Å². The number of benzene rings is 2. The zero-order valence-corrected chi connectivity index (χ0v) is 12.7. The van der Waals surface area contributed by atoms with Gasteiger partial charge in [-0.25, -0.2) is 4.79 Å².